The van der Waals surface area contributed by atoms with E-state index in [0.717, 1.165) is 11.5 Å². The zero-order valence-corrected chi connectivity index (χ0v) is 19.1. The zero-order chi connectivity index (χ0) is 24.7. The van der Waals surface area contributed by atoms with Crippen LogP contribution in [0.4, 0.5) is 25.1 Å². The van der Waals surface area contributed by atoms with Crippen molar-refractivity contribution in [3.8, 4) is 0 Å². The van der Waals surface area contributed by atoms with Crippen molar-refractivity contribution in [2.75, 3.05) is 36.0 Å². The number of alkyl carbamates (subject to hydrolysis) is 1. The van der Waals surface area contributed by atoms with Gasteiger partial charge >= 0.3 is 6.09 Å². The molecular weight excluding hydrogens is 460 g/mol. The number of carbonyl (C=O) groups is 3. The monoisotopic (exact) mass is 485 g/mol. The first-order valence-electron chi connectivity index (χ1n) is 11.5. The molecule has 5 rings (SSSR count). The van der Waals surface area contributed by atoms with Gasteiger partial charge in [0.15, 0.2) is 0 Å². The Hall–Kier alpha value is -3.76. The standard InChI is InChI=1S/C24H25F2N5O4/c1-13-3-2-4-20(27-13)31-11-16(12-31)35-24(34)28-14-9-30(10-14)15-7-18(25)22(19(26)8-15)17-5-6-21(32)29-23(17)33/h2-4,7-8,14,16-17H,5-6,9-12H2,1H3,(H,28,34)(H,29,32,33). The molecule has 0 aliphatic carbocycles. The minimum absolute atomic E-state index is 0.0360. The molecule has 3 aliphatic rings. The quantitative estimate of drug-likeness (QED) is 0.625. The van der Waals surface area contributed by atoms with Crippen molar-refractivity contribution in [1.82, 2.24) is 15.6 Å². The van der Waals surface area contributed by atoms with E-state index in [0.29, 0.717) is 31.9 Å². The highest BCUT2D eigenvalue weighted by Gasteiger charge is 2.36. The lowest BCUT2D eigenvalue weighted by atomic mass is 9.89. The van der Waals surface area contributed by atoms with E-state index in [1.807, 2.05) is 30.0 Å². The molecule has 1 aromatic carbocycles. The number of hydrogen-bond donors (Lipinski definition) is 2. The second-order valence-electron chi connectivity index (χ2n) is 9.14. The summed E-state index contributed by atoms with van der Waals surface area (Å²) in [5.74, 6) is -2.98. The molecule has 1 unspecified atom stereocenters. The molecule has 1 atom stereocenters. The van der Waals surface area contributed by atoms with Crippen molar-refractivity contribution in [2.45, 2.75) is 37.8 Å². The number of amides is 3. The summed E-state index contributed by atoms with van der Waals surface area (Å²) in [4.78, 5) is 43.7. The molecule has 0 radical (unpaired) electrons. The molecule has 2 aromatic rings. The first kappa shape index (κ1) is 23.0. The number of hydrogen-bond acceptors (Lipinski definition) is 7. The highest BCUT2D eigenvalue weighted by Crippen LogP contribution is 2.33. The Labute approximate surface area is 200 Å². The Morgan fingerprint density at radius 2 is 1.83 bits per heavy atom. The van der Waals surface area contributed by atoms with Crippen LogP contribution in [-0.2, 0) is 14.3 Å². The van der Waals surface area contributed by atoms with Crippen molar-refractivity contribution in [3.05, 3.63) is 53.2 Å². The molecular formula is C24H25F2N5O4. The second-order valence-corrected chi connectivity index (χ2v) is 9.14. The average Bonchev–Trinajstić information content (AvgIpc) is 2.73. The van der Waals surface area contributed by atoms with E-state index in [1.165, 1.54) is 12.1 Å². The zero-order valence-electron chi connectivity index (χ0n) is 19.1. The Balaban J connectivity index is 1.10. The highest BCUT2D eigenvalue weighted by atomic mass is 19.1. The van der Waals surface area contributed by atoms with E-state index in [1.54, 1.807) is 4.90 Å². The Morgan fingerprint density at radius 3 is 2.49 bits per heavy atom. The summed E-state index contributed by atoms with van der Waals surface area (Å²) in [7, 11) is 0. The van der Waals surface area contributed by atoms with Crippen LogP contribution in [0.3, 0.4) is 0 Å². The van der Waals surface area contributed by atoms with Crippen molar-refractivity contribution in [1.29, 1.82) is 0 Å². The molecule has 3 saturated heterocycles. The summed E-state index contributed by atoms with van der Waals surface area (Å²) in [5.41, 5.74) is 0.917. The lowest BCUT2D eigenvalue weighted by Crippen LogP contribution is -2.61. The van der Waals surface area contributed by atoms with E-state index in [2.05, 4.69) is 15.6 Å². The molecule has 4 heterocycles. The van der Waals surface area contributed by atoms with Crippen LogP contribution in [0.2, 0.25) is 0 Å². The summed E-state index contributed by atoms with van der Waals surface area (Å²) in [6.45, 7) is 3.80. The molecule has 3 fully saturated rings. The molecule has 9 nitrogen and oxygen atoms in total. The SMILES string of the molecule is Cc1cccc(N2CC(OC(=O)NC3CN(c4cc(F)c(C5CCC(=O)NC5=O)c(F)c4)C3)C2)n1. The predicted octanol–water partition coefficient (Wildman–Crippen LogP) is 1.99. The van der Waals surface area contributed by atoms with Gasteiger partial charge in [0, 0.05) is 36.5 Å². The largest absolute Gasteiger partial charge is 0.442 e. The van der Waals surface area contributed by atoms with Crippen LogP contribution in [0, 0.1) is 18.6 Å². The number of nitrogens with one attached hydrogen (secondary N) is 2. The summed E-state index contributed by atoms with van der Waals surface area (Å²) < 4.78 is 34.9. The molecule has 0 spiro atoms. The van der Waals surface area contributed by atoms with Gasteiger partial charge in [0.05, 0.1) is 25.0 Å². The normalized spacial score (nSPS) is 20.7. The molecule has 1 aromatic heterocycles. The lowest BCUT2D eigenvalue weighted by Gasteiger charge is -2.42. The van der Waals surface area contributed by atoms with Crippen LogP contribution in [0.25, 0.3) is 0 Å². The predicted molar refractivity (Wildman–Crippen MR) is 122 cm³/mol. The van der Waals surface area contributed by atoms with Gasteiger partial charge in [-0.2, -0.15) is 0 Å². The molecule has 0 saturated carbocycles. The number of aromatic nitrogens is 1. The lowest BCUT2D eigenvalue weighted by molar-refractivity contribution is -0.134. The summed E-state index contributed by atoms with van der Waals surface area (Å²) in [5, 5.41) is 4.89. The number of ether oxygens (including phenoxy) is 1. The number of nitrogens with zero attached hydrogens (tertiary/aromatic N) is 3. The van der Waals surface area contributed by atoms with E-state index < -0.39 is 35.5 Å². The first-order valence-corrected chi connectivity index (χ1v) is 11.5. The molecule has 3 aliphatic heterocycles. The third-order valence-corrected chi connectivity index (χ3v) is 6.54. The fraction of sp³-hybridized carbons (Fsp3) is 0.417. The fourth-order valence-corrected chi connectivity index (χ4v) is 4.59. The topological polar surface area (TPSA) is 104 Å². The minimum Gasteiger partial charge on any atom is -0.442 e. The van der Waals surface area contributed by atoms with Gasteiger partial charge < -0.3 is 19.9 Å². The van der Waals surface area contributed by atoms with E-state index in [9.17, 15) is 23.2 Å². The maximum Gasteiger partial charge on any atom is 0.407 e. The van der Waals surface area contributed by atoms with Crippen molar-refractivity contribution in [3.63, 3.8) is 0 Å². The van der Waals surface area contributed by atoms with Crippen LogP contribution < -0.4 is 20.4 Å². The summed E-state index contributed by atoms with van der Waals surface area (Å²) in [6.07, 6.45) is -0.650. The van der Waals surface area contributed by atoms with Crippen LogP contribution in [-0.4, -0.2) is 61.2 Å². The van der Waals surface area contributed by atoms with E-state index in [-0.39, 0.29) is 30.6 Å². The molecule has 3 amide bonds. The second kappa shape index (κ2) is 9.12. The van der Waals surface area contributed by atoms with Gasteiger partial charge in [-0.15, -0.1) is 0 Å². The number of aryl methyl sites for hydroxylation is 1. The van der Waals surface area contributed by atoms with Gasteiger partial charge in [-0.1, -0.05) is 6.07 Å². The summed E-state index contributed by atoms with van der Waals surface area (Å²) >= 11 is 0. The fourth-order valence-electron chi connectivity index (χ4n) is 4.59. The maximum atomic E-state index is 14.7. The van der Waals surface area contributed by atoms with Crippen LogP contribution in [0.5, 0.6) is 0 Å². The third kappa shape index (κ3) is 4.75. The van der Waals surface area contributed by atoms with Crippen LogP contribution in [0.15, 0.2) is 30.3 Å². The number of benzene rings is 1. The number of halogens is 2. The Morgan fingerprint density at radius 1 is 1.11 bits per heavy atom. The van der Waals surface area contributed by atoms with E-state index >= 15 is 0 Å². The Bertz CT molecular complexity index is 1160. The number of anilines is 2. The smallest absolute Gasteiger partial charge is 0.407 e. The minimum atomic E-state index is -1.04. The van der Waals surface area contributed by atoms with Crippen molar-refractivity contribution < 1.29 is 27.9 Å². The molecule has 2 N–H and O–H groups in total. The van der Waals surface area contributed by atoms with Gasteiger partial charge in [0.1, 0.15) is 23.6 Å². The highest BCUT2D eigenvalue weighted by molar-refractivity contribution is 6.01. The van der Waals surface area contributed by atoms with E-state index in [4.69, 9.17) is 4.74 Å². The summed E-state index contributed by atoms with van der Waals surface area (Å²) in [6, 6.07) is 7.91. The van der Waals surface area contributed by atoms with Gasteiger partial charge in [0.2, 0.25) is 11.8 Å². The number of imide groups is 1. The maximum absolute atomic E-state index is 14.7. The van der Waals surface area contributed by atoms with Gasteiger partial charge in [-0.05, 0) is 37.6 Å². The van der Waals surface area contributed by atoms with Gasteiger partial charge in [0.25, 0.3) is 0 Å². The average molecular weight is 485 g/mol. The molecule has 35 heavy (non-hydrogen) atoms. The molecule has 11 heteroatoms. The number of piperidine rings is 1. The molecule has 0 bridgehead atoms. The van der Waals surface area contributed by atoms with Gasteiger partial charge in [-0.25, -0.2) is 18.6 Å². The third-order valence-electron chi connectivity index (χ3n) is 6.54. The number of rotatable bonds is 5. The van der Waals surface area contributed by atoms with Crippen molar-refractivity contribution >= 4 is 29.4 Å². The molecule has 184 valence electrons. The first-order chi connectivity index (χ1) is 16.8. The van der Waals surface area contributed by atoms with Crippen LogP contribution >= 0.6 is 0 Å². The van der Waals surface area contributed by atoms with Crippen molar-refractivity contribution in [2.24, 2.45) is 0 Å². The number of pyridine rings is 1. The van der Waals surface area contributed by atoms with Gasteiger partial charge in [-0.3, -0.25) is 14.9 Å². The van der Waals surface area contributed by atoms with Crippen LogP contribution in [0.1, 0.15) is 30.0 Å². The number of carbonyl (C=O) groups excluding carboxylic acids is 3. The Kier molecular flexibility index (Phi) is 6.00.